The number of ether oxygens (including phenoxy) is 1. The average molecular weight is 467 g/mol. The van der Waals surface area contributed by atoms with Crippen molar-refractivity contribution in [1.29, 1.82) is 0 Å². The predicted molar refractivity (Wildman–Crippen MR) is 136 cm³/mol. The van der Waals surface area contributed by atoms with Crippen LogP contribution in [0.4, 0.5) is 0 Å². The van der Waals surface area contributed by atoms with Crippen LogP contribution in [-0.4, -0.2) is 52.6 Å². The van der Waals surface area contributed by atoms with Crippen LogP contribution in [0, 0.1) is 0 Å². The summed E-state index contributed by atoms with van der Waals surface area (Å²) in [6, 6.07) is 19.2. The molecule has 178 valence electrons. The second-order valence-electron chi connectivity index (χ2n) is 9.75. The molecule has 1 fully saturated rings. The van der Waals surface area contributed by atoms with Gasteiger partial charge in [-0.2, -0.15) is 0 Å². The molecule has 4 heterocycles. The SMILES string of the molecule is COc1ccc(C2=NCc3cc4c(cc32)CN([C@@H]2CCCN(Cc3ccccc3)C2)C(=O)C4)cn1. The van der Waals surface area contributed by atoms with Gasteiger partial charge in [-0.15, -0.1) is 0 Å². The van der Waals surface area contributed by atoms with Crippen molar-refractivity contribution in [1.82, 2.24) is 14.8 Å². The summed E-state index contributed by atoms with van der Waals surface area (Å²) in [5.41, 5.74) is 8.08. The summed E-state index contributed by atoms with van der Waals surface area (Å²) >= 11 is 0. The molecule has 0 bridgehead atoms. The molecule has 2 aromatic carbocycles. The number of carbonyl (C=O) groups is 1. The van der Waals surface area contributed by atoms with E-state index in [1.165, 1.54) is 22.3 Å². The van der Waals surface area contributed by atoms with Crippen molar-refractivity contribution < 1.29 is 9.53 Å². The highest BCUT2D eigenvalue weighted by atomic mass is 16.5. The Kier molecular flexibility index (Phi) is 5.82. The van der Waals surface area contributed by atoms with E-state index in [4.69, 9.17) is 9.73 Å². The summed E-state index contributed by atoms with van der Waals surface area (Å²) < 4.78 is 5.20. The lowest BCUT2D eigenvalue weighted by molar-refractivity contribution is -0.135. The molecule has 3 aliphatic rings. The maximum Gasteiger partial charge on any atom is 0.227 e. The van der Waals surface area contributed by atoms with Gasteiger partial charge in [0.15, 0.2) is 0 Å². The molecule has 0 saturated carbocycles. The van der Waals surface area contributed by atoms with Crippen LogP contribution in [0.2, 0.25) is 0 Å². The Morgan fingerprint density at radius 2 is 1.94 bits per heavy atom. The molecule has 1 aromatic heterocycles. The highest BCUT2D eigenvalue weighted by molar-refractivity contribution is 6.15. The van der Waals surface area contributed by atoms with Gasteiger partial charge in [0.05, 0.1) is 25.8 Å². The molecule has 3 aromatic rings. The zero-order valence-electron chi connectivity index (χ0n) is 20.1. The largest absolute Gasteiger partial charge is 0.481 e. The topological polar surface area (TPSA) is 58.0 Å². The van der Waals surface area contributed by atoms with Gasteiger partial charge in [0.1, 0.15) is 0 Å². The first-order valence-corrected chi connectivity index (χ1v) is 12.4. The number of piperidine rings is 1. The monoisotopic (exact) mass is 466 g/mol. The van der Waals surface area contributed by atoms with E-state index < -0.39 is 0 Å². The quantitative estimate of drug-likeness (QED) is 0.571. The number of rotatable bonds is 5. The molecule has 6 heteroatoms. The number of pyridine rings is 1. The van der Waals surface area contributed by atoms with Gasteiger partial charge in [-0.05, 0) is 53.8 Å². The van der Waals surface area contributed by atoms with Crippen LogP contribution in [-0.2, 0) is 30.8 Å². The number of nitrogens with zero attached hydrogens (tertiary/aromatic N) is 4. The summed E-state index contributed by atoms with van der Waals surface area (Å²) in [5.74, 6) is 0.850. The molecule has 6 rings (SSSR count). The Bertz CT molecular complexity index is 1270. The normalized spacial score (nSPS) is 19.8. The number of aliphatic imine (C=N–C) groups is 1. The van der Waals surface area contributed by atoms with Gasteiger partial charge in [-0.3, -0.25) is 14.7 Å². The van der Waals surface area contributed by atoms with Gasteiger partial charge in [-0.1, -0.05) is 36.4 Å². The Balaban J connectivity index is 1.21. The number of amides is 1. The highest BCUT2D eigenvalue weighted by Crippen LogP contribution is 2.32. The van der Waals surface area contributed by atoms with E-state index in [-0.39, 0.29) is 11.9 Å². The number of carbonyl (C=O) groups excluding carboxylic acids is 1. The van der Waals surface area contributed by atoms with Gasteiger partial charge < -0.3 is 9.64 Å². The molecule has 0 aliphatic carbocycles. The molecule has 3 aliphatic heterocycles. The number of hydrogen-bond acceptors (Lipinski definition) is 5. The average Bonchev–Trinajstić information content (AvgIpc) is 3.30. The van der Waals surface area contributed by atoms with Crippen LogP contribution in [0.15, 0.2) is 65.8 Å². The van der Waals surface area contributed by atoms with Crippen LogP contribution in [0.25, 0.3) is 0 Å². The summed E-state index contributed by atoms with van der Waals surface area (Å²) in [6.07, 6.45) is 4.50. The predicted octanol–water partition coefficient (Wildman–Crippen LogP) is 3.99. The second-order valence-corrected chi connectivity index (χ2v) is 9.75. The van der Waals surface area contributed by atoms with Crippen molar-refractivity contribution in [3.05, 3.63) is 94.2 Å². The molecule has 1 amide bonds. The summed E-state index contributed by atoms with van der Waals surface area (Å²) in [4.78, 5) is 27.0. The summed E-state index contributed by atoms with van der Waals surface area (Å²) in [5, 5.41) is 0. The smallest absolute Gasteiger partial charge is 0.227 e. The molecule has 0 spiro atoms. The lowest BCUT2D eigenvalue weighted by Gasteiger charge is -2.41. The standard InChI is InChI=1S/C29H30N4O2/c1-35-27-10-9-21(15-30-27)29-26-13-24-18-33(28(34)14-22(24)12-23(26)16-31-29)25-8-5-11-32(19-25)17-20-6-3-2-4-7-20/h2-4,6-7,9-10,12-13,15,25H,5,8,11,14,16-19H2,1H3/t25-/m1/s1. The number of methoxy groups -OCH3 is 1. The number of benzene rings is 2. The van der Waals surface area contributed by atoms with Gasteiger partial charge in [-0.25, -0.2) is 4.98 Å². The first kappa shape index (κ1) is 22.0. The van der Waals surface area contributed by atoms with Crippen LogP contribution in [0.1, 0.15) is 46.2 Å². The molecular formula is C29H30N4O2. The minimum Gasteiger partial charge on any atom is -0.481 e. The molecule has 0 radical (unpaired) electrons. The first-order valence-electron chi connectivity index (χ1n) is 12.4. The van der Waals surface area contributed by atoms with E-state index in [1.807, 2.05) is 18.3 Å². The molecule has 0 unspecified atom stereocenters. The zero-order chi connectivity index (χ0) is 23.8. The van der Waals surface area contributed by atoms with Crippen LogP contribution >= 0.6 is 0 Å². The molecule has 1 saturated heterocycles. The van der Waals surface area contributed by atoms with Gasteiger partial charge in [0.2, 0.25) is 11.8 Å². The fourth-order valence-corrected chi connectivity index (χ4v) is 5.68. The van der Waals surface area contributed by atoms with Gasteiger partial charge >= 0.3 is 0 Å². The Labute approximate surface area is 206 Å². The molecule has 35 heavy (non-hydrogen) atoms. The van der Waals surface area contributed by atoms with Crippen molar-refractivity contribution >= 4 is 11.6 Å². The minimum atomic E-state index is 0.252. The van der Waals surface area contributed by atoms with Crippen molar-refractivity contribution in [2.75, 3.05) is 20.2 Å². The fourth-order valence-electron chi connectivity index (χ4n) is 5.68. The summed E-state index contributed by atoms with van der Waals surface area (Å²) in [6.45, 7) is 4.30. The van der Waals surface area contributed by atoms with Crippen molar-refractivity contribution in [3.63, 3.8) is 0 Å². The third-order valence-electron chi connectivity index (χ3n) is 7.48. The zero-order valence-corrected chi connectivity index (χ0v) is 20.1. The van der Waals surface area contributed by atoms with E-state index in [1.54, 1.807) is 7.11 Å². The van der Waals surface area contributed by atoms with E-state index in [9.17, 15) is 4.79 Å². The fraction of sp³-hybridized carbons (Fsp3) is 0.345. The molecule has 1 atom stereocenters. The molecule has 6 nitrogen and oxygen atoms in total. The first-order chi connectivity index (χ1) is 17.2. The number of aromatic nitrogens is 1. The molecule has 0 N–H and O–H groups in total. The van der Waals surface area contributed by atoms with E-state index >= 15 is 0 Å². The van der Waals surface area contributed by atoms with Crippen LogP contribution in [0.3, 0.4) is 0 Å². The van der Waals surface area contributed by atoms with Crippen LogP contribution in [0.5, 0.6) is 5.88 Å². The number of hydrogen-bond donors (Lipinski definition) is 0. The van der Waals surface area contributed by atoms with Crippen LogP contribution < -0.4 is 4.74 Å². The maximum absolute atomic E-state index is 13.2. The molecular weight excluding hydrogens is 436 g/mol. The van der Waals surface area contributed by atoms with E-state index in [0.29, 0.717) is 25.4 Å². The third kappa shape index (κ3) is 4.34. The lowest BCUT2D eigenvalue weighted by Crippen LogP contribution is -2.51. The van der Waals surface area contributed by atoms with Gasteiger partial charge in [0.25, 0.3) is 0 Å². The summed E-state index contributed by atoms with van der Waals surface area (Å²) in [7, 11) is 1.62. The second kappa shape index (κ2) is 9.27. The van der Waals surface area contributed by atoms with Crippen molar-refractivity contribution in [2.24, 2.45) is 4.99 Å². The minimum absolute atomic E-state index is 0.252. The maximum atomic E-state index is 13.2. The van der Waals surface area contributed by atoms with E-state index in [0.717, 1.165) is 49.3 Å². The van der Waals surface area contributed by atoms with Crippen molar-refractivity contribution in [3.8, 4) is 5.88 Å². The van der Waals surface area contributed by atoms with E-state index in [2.05, 4.69) is 57.2 Å². The highest BCUT2D eigenvalue weighted by Gasteiger charge is 2.33. The number of likely N-dealkylation sites (tertiary alicyclic amines) is 1. The Morgan fingerprint density at radius 3 is 2.74 bits per heavy atom. The Hall–Kier alpha value is -3.51. The third-order valence-corrected chi connectivity index (χ3v) is 7.48. The Morgan fingerprint density at radius 1 is 1.06 bits per heavy atom. The number of fused-ring (bicyclic) bond motifs is 2. The van der Waals surface area contributed by atoms with Gasteiger partial charge in [0, 0.05) is 49.1 Å². The van der Waals surface area contributed by atoms with Crippen molar-refractivity contribution in [2.45, 2.75) is 44.9 Å². The lowest BCUT2D eigenvalue weighted by atomic mass is 9.90.